The summed E-state index contributed by atoms with van der Waals surface area (Å²) in [4.78, 5) is 14.5. The van der Waals surface area contributed by atoms with E-state index in [1.807, 2.05) is 13.0 Å². The van der Waals surface area contributed by atoms with Crippen molar-refractivity contribution in [2.75, 3.05) is 18.4 Å². The van der Waals surface area contributed by atoms with E-state index in [0.29, 0.717) is 31.7 Å². The topological polar surface area (TPSA) is 140 Å². The minimum absolute atomic E-state index is 0.110. The second kappa shape index (κ2) is 10.6. The molecule has 4 N–H and O–H groups in total. The van der Waals surface area contributed by atoms with Crippen LogP contribution in [0, 0.1) is 0 Å². The number of amides is 1. The fourth-order valence-corrected chi connectivity index (χ4v) is 4.71. The number of amidine groups is 2. The van der Waals surface area contributed by atoms with Gasteiger partial charge in [-0.3, -0.25) is 4.79 Å². The van der Waals surface area contributed by atoms with Crippen LogP contribution in [0.3, 0.4) is 0 Å². The summed E-state index contributed by atoms with van der Waals surface area (Å²) in [5.41, 5.74) is 1.42. The fraction of sp³-hybridized carbons (Fsp3) is 0.458. The number of phenols is 1. The van der Waals surface area contributed by atoms with Gasteiger partial charge < -0.3 is 30.2 Å². The summed E-state index contributed by atoms with van der Waals surface area (Å²) in [5, 5.41) is 27.0. The van der Waals surface area contributed by atoms with Gasteiger partial charge in [0.25, 0.3) is 17.1 Å². The lowest BCUT2D eigenvalue weighted by molar-refractivity contribution is 0.0471. The van der Waals surface area contributed by atoms with Gasteiger partial charge in [0.1, 0.15) is 5.76 Å². The van der Waals surface area contributed by atoms with E-state index in [1.165, 1.54) is 11.0 Å². The minimum Gasteiger partial charge on any atom is -0.505 e. The molecule has 1 amide bonds. The molecule has 0 bridgehead atoms. The number of anilines is 1. The van der Waals surface area contributed by atoms with Gasteiger partial charge in [-0.1, -0.05) is 26.8 Å². The third-order valence-electron chi connectivity index (χ3n) is 6.14. The van der Waals surface area contributed by atoms with Crippen molar-refractivity contribution in [1.29, 1.82) is 0 Å². The predicted molar refractivity (Wildman–Crippen MR) is 135 cm³/mol. The number of hydrogen-bond donors (Lipinski definition) is 4. The molecule has 2 aliphatic rings. The highest BCUT2D eigenvalue weighted by Crippen LogP contribution is 2.30. The number of aromatic hydroxyl groups is 1. The van der Waals surface area contributed by atoms with Gasteiger partial charge in [-0.05, 0) is 48.9 Å². The zero-order chi connectivity index (χ0) is 25.1. The van der Waals surface area contributed by atoms with Gasteiger partial charge in [0.15, 0.2) is 17.4 Å². The van der Waals surface area contributed by atoms with Crippen molar-refractivity contribution in [3.05, 3.63) is 47.4 Å². The average molecular weight is 502 g/mol. The van der Waals surface area contributed by atoms with Crippen molar-refractivity contribution in [1.82, 2.24) is 10.2 Å². The van der Waals surface area contributed by atoms with Crippen molar-refractivity contribution >= 4 is 34.4 Å². The van der Waals surface area contributed by atoms with E-state index in [2.05, 4.69) is 33.3 Å². The fourth-order valence-electron chi connectivity index (χ4n) is 4.09. The molecule has 188 valence electrons. The third-order valence-corrected chi connectivity index (χ3v) is 6.81. The Kier molecular flexibility index (Phi) is 7.56. The van der Waals surface area contributed by atoms with E-state index >= 15 is 0 Å². The Bertz CT molecular complexity index is 1170. The van der Waals surface area contributed by atoms with Crippen molar-refractivity contribution < 1.29 is 23.6 Å². The number of piperidine rings is 1. The van der Waals surface area contributed by atoms with Gasteiger partial charge in [0.05, 0.1) is 29.7 Å². The minimum atomic E-state index is -1.83. The van der Waals surface area contributed by atoms with E-state index in [0.717, 1.165) is 11.3 Å². The second-order valence-electron chi connectivity index (χ2n) is 9.03. The molecule has 0 spiro atoms. The summed E-state index contributed by atoms with van der Waals surface area (Å²) in [7, 11) is 0. The molecule has 0 radical (unpaired) electrons. The maximum absolute atomic E-state index is 13.0. The summed E-state index contributed by atoms with van der Waals surface area (Å²) in [5.74, 6) is 0.899. The summed E-state index contributed by atoms with van der Waals surface area (Å²) >= 11 is -1.83. The quantitative estimate of drug-likeness (QED) is 0.446. The largest absolute Gasteiger partial charge is 0.505 e. The summed E-state index contributed by atoms with van der Waals surface area (Å²) < 4.78 is 26.0. The molecule has 1 aromatic carbocycles. The van der Waals surface area contributed by atoms with Crippen molar-refractivity contribution in [3.8, 4) is 5.75 Å². The zero-order valence-corrected chi connectivity index (χ0v) is 20.8. The third kappa shape index (κ3) is 5.57. The summed E-state index contributed by atoms with van der Waals surface area (Å²) in [6, 6.07) is 6.52. The molecule has 0 aliphatic carbocycles. The molecule has 10 nitrogen and oxygen atoms in total. The number of nitrogens with one attached hydrogen (secondary N) is 2. The number of furan rings is 1. The molecule has 0 saturated carbocycles. The number of β-amino-alcohol motifs (C(OH)–C–C–N with tert-alkyl or cyclic N) is 1. The van der Waals surface area contributed by atoms with Crippen LogP contribution < -0.4 is 10.6 Å². The number of para-hydroxylation sites is 1. The Balaban J connectivity index is 1.51. The van der Waals surface area contributed by atoms with Crippen molar-refractivity contribution in [3.63, 3.8) is 0 Å². The molecule has 35 heavy (non-hydrogen) atoms. The van der Waals surface area contributed by atoms with E-state index in [4.69, 9.17) is 4.42 Å². The molecule has 1 aromatic heterocycles. The highest BCUT2D eigenvalue weighted by molar-refractivity contribution is 7.83. The number of carbonyl (C=O) groups is 1. The summed E-state index contributed by atoms with van der Waals surface area (Å²) in [6.07, 6.45) is 3.20. The summed E-state index contributed by atoms with van der Waals surface area (Å²) in [6.45, 7) is 6.90. The van der Waals surface area contributed by atoms with Gasteiger partial charge in [0.2, 0.25) is 0 Å². The molecular weight excluding hydrogens is 470 g/mol. The first-order chi connectivity index (χ1) is 16.8. The van der Waals surface area contributed by atoms with Crippen LogP contribution in [0.2, 0.25) is 0 Å². The SMILES string of the molecule is CC[C@@H](NC1=NS(=O)N=C1Nc1cccc(C(=O)N2CCCC(O)C2)c1O)c1cc(C(C)C)co1. The Hall–Kier alpha value is -3.18. The first-order valence-electron chi connectivity index (χ1n) is 11.8. The molecule has 2 aliphatic heterocycles. The molecule has 11 heteroatoms. The van der Waals surface area contributed by atoms with Crippen molar-refractivity contribution in [2.24, 2.45) is 8.80 Å². The van der Waals surface area contributed by atoms with E-state index in [9.17, 15) is 19.2 Å². The predicted octanol–water partition coefficient (Wildman–Crippen LogP) is 3.25. The van der Waals surface area contributed by atoms with Crippen molar-refractivity contribution in [2.45, 2.75) is 58.1 Å². The van der Waals surface area contributed by atoms with Gasteiger partial charge in [-0.15, -0.1) is 8.80 Å². The maximum Gasteiger partial charge on any atom is 0.269 e. The average Bonchev–Trinajstić information content (AvgIpc) is 3.45. The molecule has 4 rings (SSSR count). The van der Waals surface area contributed by atoms with Crippen LogP contribution in [-0.2, 0) is 11.2 Å². The maximum atomic E-state index is 13.0. The number of likely N-dealkylation sites (tertiary alicyclic amines) is 1. The molecule has 2 aromatic rings. The van der Waals surface area contributed by atoms with Gasteiger partial charge in [0, 0.05) is 13.1 Å². The molecule has 1 fully saturated rings. The number of nitrogens with zero attached hydrogens (tertiary/aromatic N) is 3. The Morgan fingerprint density at radius 3 is 2.77 bits per heavy atom. The molecular formula is C24H31N5O5S. The van der Waals surface area contributed by atoms with Crippen LogP contribution in [0.5, 0.6) is 5.75 Å². The van der Waals surface area contributed by atoms with Gasteiger partial charge in [-0.2, -0.15) is 0 Å². The Morgan fingerprint density at radius 1 is 1.31 bits per heavy atom. The van der Waals surface area contributed by atoms with Crippen LogP contribution in [-0.4, -0.2) is 56.1 Å². The van der Waals surface area contributed by atoms with Crippen LogP contribution >= 0.6 is 0 Å². The smallest absolute Gasteiger partial charge is 0.269 e. The van der Waals surface area contributed by atoms with Gasteiger partial charge >= 0.3 is 0 Å². The van der Waals surface area contributed by atoms with E-state index in [1.54, 1.807) is 18.4 Å². The lowest BCUT2D eigenvalue weighted by Gasteiger charge is -2.30. The number of phenolic OH excluding ortho intramolecular Hbond substituents is 1. The van der Waals surface area contributed by atoms with Crippen LogP contribution in [0.1, 0.15) is 73.7 Å². The Labute approximate surface area is 206 Å². The van der Waals surface area contributed by atoms with Crippen LogP contribution in [0.25, 0.3) is 0 Å². The van der Waals surface area contributed by atoms with Crippen LogP contribution in [0.4, 0.5) is 5.69 Å². The number of aliphatic hydroxyl groups excluding tert-OH is 1. The highest BCUT2D eigenvalue weighted by atomic mass is 32.2. The Morgan fingerprint density at radius 2 is 2.09 bits per heavy atom. The zero-order valence-electron chi connectivity index (χ0n) is 20.0. The standard InChI is InChI=1S/C24H31N5O5S/c1-4-18(20-11-15(13-34-20)14(2)3)25-22-23(28-35(33)27-22)26-19-9-5-8-17(21(19)31)24(32)29-10-6-7-16(30)12-29/h5,8-9,11,13-14,16,18,30-31H,4,6-7,10,12H2,1-3H3,(H,25,27)(H,26,28)/t16?,18-,35?/m1/s1. The monoisotopic (exact) mass is 501 g/mol. The van der Waals surface area contributed by atoms with E-state index < -0.39 is 17.3 Å². The number of carbonyl (C=O) groups excluding carboxylic acids is 1. The second-order valence-corrected chi connectivity index (χ2v) is 9.85. The first-order valence-corrected chi connectivity index (χ1v) is 12.8. The van der Waals surface area contributed by atoms with Gasteiger partial charge in [-0.25, -0.2) is 4.21 Å². The molecule has 1 saturated heterocycles. The van der Waals surface area contributed by atoms with E-state index in [-0.39, 0.29) is 47.2 Å². The normalized spacial score (nSPS) is 21.0. The molecule has 3 heterocycles. The molecule has 3 atom stereocenters. The number of benzene rings is 1. The number of aliphatic hydroxyl groups is 1. The lowest BCUT2D eigenvalue weighted by Crippen LogP contribution is -2.42. The number of rotatable bonds is 6. The number of hydrogen-bond acceptors (Lipinski definition) is 7. The van der Waals surface area contributed by atoms with Crippen LogP contribution in [0.15, 0.2) is 43.7 Å². The highest BCUT2D eigenvalue weighted by Gasteiger charge is 2.28. The first kappa shape index (κ1) is 24.9. The molecule has 2 unspecified atom stereocenters. The lowest BCUT2D eigenvalue weighted by atomic mass is 10.1.